The molecule has 0 saturated carbocycles. The Morgan fingerprint density at radius 3 is 2.78 bits per heavy atom. The Hall–Kier alpha value is -1.83. The summed E-state index contributed by atoms with van der Waals surface area (Å²) in [6.45, 7) is 2.11. The van der Waals surface area contributed by atoms with Gasteiger partial charge >= 0.3 is 0 Å². The summed E-state index contributed by atoms with van der Waals surface area (Å²) in [5.41, 5.74) is 0. The predicted molar refractivity (Wildman–Crippen MR) is 105 cm³/mol. The second kappa shape index (κ2) is 8.46. The smallest absolute Gasteiger partial charge is 0.223 e. The van der Waals surface area contributed by atoms with E-state index >= 15 is 0 Å². The van der Waals surface area contributed by atoms with Crippen molar-refractivity contribution in [1.82, 2.24) is 9.88 Å². The monoisotopic (exact) mass is 388 g/mol. The van der Waals surface area contributed by atoms with Crippen LogP contribution in [0.4, 0.5) is 0 Å². The molecule has 2 aromatic rings. The van der Waals surface area contributed by atoms with Crippen LogP contribution in [0.25, 0.3) is 10.8 Å². The molecule has 2 atom stereocenters. The number of hydrogen-bond donors (Lipinski definition) is 0. The fraction of sp³-hybridized carbons (Fsp3) is 0.500. The predicted octanol–water partition coefficient (Wildman–Crippen LogP) is 2.36. The Kier molecular flexibility index (Phi) is 5.80. The number of nitrogens with zero attached hydrogens (tertiary/aromatic N) is 2. The molecule has 2 saturated heterocycles. The van der Waals surface area contributed by atoms with Gasteiger partial charge in [0.15, 0.2) is 0 Å². The van der Waals surface area contributed by atoms with Gasteiger partial charge in [0.1, 0.15) is 24.1 Å². The lowest BCUT2D eigenvalue weighted by Crippen LogP contribution is -2.33. The molecule has 2 fully saturated rings. The molecule has 0 N–H and O–H groups in total. The SMILES string of the molecule is CSCCC(=O)N1C[C@@H]2OCC(Oc3cccc4cnccc34)CO[C@H]2C1. The number of aromatic nitrogens is 1. The third-order valence-corrected chi connectivity index (χ3v) is 5.63. The van der Waals surface area contributed by atoms with Crippen molar-refractivity contribution in [2.24, 2.45) is 0 Å². The van der Waals surface area contributed by atoms with Crippen molar-refractivity contribution in [3.63, 3.8) is 0 Å². The van der Waals surface area contributed by atoms with E-state index in [-0.39, 0.29) is 24.2 Å². The van der Waals surface area contributed by atoms with Gasteiger partial charge in [-0.3, -0.25) is 9.78 Å². The third kappa shape index (κ3) is 4.20. The van der Waals surface area contributed by atoms with Crippen LogP contribution in [-0.4, -0.2) is 72.4 Å². The highest BCUT2D eigenvalue weighted by Gasteiger charge is 2.39. The van der Waals surface area contributed by atoms with E-state index in [1.54, 1.807) is 18.0 Å². The van der Waals surface area contributed by atoms with Crippen molar-refractivity contribution in [3.8, 4) is 5.75 Å². The molecule has 144 valence electrons. The quantitative estimate of drug-likeness (QED) is 0.784. The highest BCUT2D eigenvalue weighted by atomic mass is 32.2. The van der Waals surface area contributed by atoms with Crippen LogP contribution in [0.2, 0.25) is 0 Å². The van der Waals surface area contributed by atoms with Crippen LogP contribution >= 0.6 is 11.8 Å². The van der Waals surface area contributed by atoms with Gasteiger partial charge in [-0.15, -0.1) is 0 Å². The average molecular weight is 388 g/mol. The zero-order chi connectivity index (χ0) is 18.6. The van der Waals surface area contributed by atoms with Crippen molar-refractivity contribution in [3.05, 3.63) is 36.7 Å². The van der Waals surface area contributed by atoms with E-state index in [2.05, 4.69) is 4.98 Å². The summed E-state index contributed by atoms with van der Waals surface area (Å²) in [6.07, 6.45) is 5.86. The first kappa shape index (κ1) is 18.5. The minimum absolute atomic E-state index is 0.0754. The number of likely N-dealkylation sites (tertiary alicyclic amines) is 1. The van der Waals surface area contributed by atoms with Gasteiger partial charge in [0, 0.05) is 48.4 Å². The molecule has 7 heteroatoms. The van der Waals surface area contributed by atoms with Gasteiger partial charge in [-0.25, -0.2) is 0 Å². The maximum atomic E-state index is 12.2. The lowest BCUT2D eigenvalue weighted by molar-refractivity contribution is -0.130. The molecule has 0 bridgehead atoms. The molecule has 2 aliphatic heterocycles. The van der Waals surface area contributed by atoms with Crippen LogP contribution in [0.15, 0.2) is 36.7 Å². The minimum Gasteiger partial charge on any atom is -0.485 e. The molecule has 1 amide bonds. The third-order valence-electron chi connectivity index (χ3n) is 5.01. The largest absolute Gasteiger partial charge is 0.485 e. The summed E-state index contributed by atoms with van der Waals surface area (Å²) in [6, 6.07) is 7.89. The normalized spacial score (nSPS) is 23.2. The van der Waals surface area contributed by atoms with Crippen LogP contribution < -0.4 is 4.74 Å². The number of carbonyl (C=O) groups is 1. The molecule has 2 aliphatic rings. The molecule has 1 aromatic heterocycles. The van der Waals surface area contributed by atoms with E-state index in [1.807, 2.05) is 41.6 Å². The van der Waals surface area contributed by atoms with Crippen LogP contribution in [0.1, 0.15) is 6.42 Å². The van der Waals surface area contributed by atoms with E-state index in [0.717, 1.165) is 22.3 Å². The zero-order valence-electron chi connectivity index (χ0n) is 15.4. The standard InChI is InChI=1S/C20H24N2O4S/c1-27-8-6-20(23)22-10-18-19(11-22)25-13-15(12-24-18)26-17-4-2-3-14-9-21-7-5-16(14)17/h2-5,7,9,15,18-19H,6,8,10-13H2,1H3/t18-,19-/m0/s1. The maximum absolute atomic E-state index is 12.2. The Bertz CT molecular complexity index is 781. The number of amides is 1. The van der Waals surface area contributed by atoms with Crippen LogP contribution in [-0.2, 0) is 14.3 Å². The summed E-state index contributed by atoms with van der Waals surface area (Å²) >= 11 is 1.69. The topological polar surface area (TPSA) is 60.9 Å². The van der Waals surface area contributed by atoms with Gasteiger partial charge < -0.3 is 19.1 Å². The first-order chi connectivity index (χ1) is 13.2. The fourth-order valence-electron chi connectivity index (χ4n) is 3.57. The number of benzene rings is 1. The second-order valence-corrected chi connectivity index (χ2v) is 7.86. The van der Waals surface area contributed by atoms with Gasteiger partial charge in [0.25, 0.3) is 0 Å². The van der Waals surface area contributed by atoms with Crippen molar-refractivity contribution in [2.45, 2.75) is 24.7 Å². The number of fused-ring (bicyclic) bond motifs is 2. The first-order valence-electron chi connectivity index (χ1n) is 9.24. The molecule has 0 aliphatic carbocycles. The molecule has 6 nitrogen and oxygen atoms in total. The average Bonchev–Trinajstić information content (AvgIpc) is 3.02. The number of carbonyl (C=O) groups excluding carboxylic acids is 1. The molecular weight excluding hydrogens is 364 g/mol. The molecular formula is C20H24N2O4S. The maximum Gasteiger partial charge on any atom is 0.223 e. The number of thioether (sulfide) groups is 1. The lowest BCUT2D eigenvalue weighted by Gasteiger charge is -2.20. The van der Waals surface area contributed by atoms with E-state index in [0.29, 0.717) is 32.7 Å². The fourth-order valence-corrected chi connectivity index (χ4v) is 3.95. The van der Waals surface area contributed by atoms with Crippen molar-refractivity contribution in [1.29, 1.82) is 0 Å². The van der Waals surface area contributed by atoms with Gasteiger partial charge in [0.2, 0.25) is 5.91 Å². The van der Waals surface area contributed by atoms with Crippen LogP contribution in [0.3, 0.4) is 0 Å². The molecule has 27 heavy (non-hydrogen) atoms. The van der Waals surface area contributed by atoms with Gasteiger partial charge in [0.05, 0.1) is 13.2 Å². The molecule has 0 unspecified atom stereocenters. The van der Waals surface area contributed by atoms with E-state index < -0.39 is 0 Å². The Labute approximate surface area is 163 Å². The molecule has 1 aromatic carbocycles. The Morgan fingerprint density at radius 2 is 2.04 bits per heavy atom. The molecule has 4 rings (SSSR count). The Balaban J connectivity index is 1.36. The summed E-state index contributed by atoms with van der Waals surface area (Å²) in [5, 5.41) is 2.07. The minimum atomic E-state index is -0.171. The zero-order valence-corrected chi connectivity index (χ0v) is 16.2. The highest BCUT2D eigenvalue weighted by molar-refractivity contribution is 7.98. The lowest BCUT2D eigenvalue weighted by atomic mass is 10.1. The summed E-state index contributed by atoms with van der Waals surface area (Å²) < 4.78 is 18.3. The summed E-state index contributed by atoms with van der Waals surface area (Å²) in [7, 11) is 0. The summed E-state index contributed by atoms with van der Waals surface area (Å²) in [4.78, 5) is 18.3. The van der Waals surface area contributed by atoms with E-state index in [4.69, 9.17) is 14.2 Å². The number of hydrogen-bond acceptors (Lipinski definition) is 6. The molecule has 0 spiro atoms. The van der Waals surface area contributed by atoms with Crippen LogP contribution in [0, 0.1) is 0 Å². The Morgan fingerprint density at radius 1 is 1.26 bits per heavy atom. The van der Waals surface area contributed by atoms with Crippen LogP contribution in [0.5, 0.6) is 5.75 Å². The van der Waals surface area contributed by atoms with E-state index in [9.17, 15) is 4.79 Å². The second-order valence-electron chi connectivity index (χ2n) is 6.88. The first-order valence-corrected chi connectivity index (χ1v) is 10.6. The number of pyridine rings is 1. The van der Waals surface area contributed by atoms with Gasteiger partial charge in [-0.2, -0.15) is 11.8 Å². The van der Waals surface area contributed by atoms with Crippen molar-refractivity contribution >= 4 is 28.4 Å². The van der Waals surface area contributed by atoms with Crippen molar-refractivity contribution in [2.75, 3.05) is 38.3 Å². The summed E-state index contributed by atoms with van der Waals surface area (Å²) in [5.74, 6) is 1.85. The van der Waals surface area contributed by atoms with Crippen molar-refractivity contribution < 1.29 is 19.0 Å². The van der Waals surface area contributed by atoms with Gasteiger partial charge in [-0.05, 0) is 18.4 Å². The van der Waals surface area contributed by atoms with E-state index in [1.165, 1.54) is 0 Å². The van der Waals surface area contributed by atoms with Gasteiger partial charge in [-0.1, -0.05) is 12.1 Å². The molecule has 3 heterocycles. The number of rotatable bonds is 5. The highest BCUT2D eigenvalue weighted by Crippen LogP contribution is 2.27. The number of ether oxygens (including phenoxy) is 3. The molecule has 0 radical (unpaired) electrons.